The van der Waals surface area contributed by atoms with Crippen LogP contribution in [0.3, 0.4) is 0 Å². The Labute approximate surface area is 140 Å². The zero-order valence-electron chi connectivity index (χ0n) is 11.8. The Kier molecular flexibility index (Phi) is 4.87. The second-order valence-corrected chi connectivity index (χ2v) is 7.31. The van der Waals surface area contributed by atoms with Crippen molar-refractivity contribution in [1.82, 2.24) is 10.3 Å². The number of β-amino-alcohol motifs (C(OH)–C–C–N with tert-alkyl or cyclic N) is 1. The summed E-state index contributed by atoms with van der Waals surface area (Å²) in [5, 5.41) is 15.8. The number of amides is 1. The van der Waals surface area contributed by atoms with Gasteiger partial charge in [-0.3, -0.25) is 4.79 Å². The van der Waals surface area contributed by atoms with Crippen LogP contribution in [0.1, 0.15) is 16.9 Å². The maximum atomic E-state index is 12.0. The van der Waals surface area contributed by atoms with E-state index in [0.717, 1.165) is 15.8 Å². The highest BCUT2D eigenvalue weighted by atomic mass is 79.9. The highest BCUT2D eigenvalue weighted by Crippen LogP contribution is 2.23. The SMILES string of the molecule is O=C(Nc1ncc(Cc2cccc(Br)c2)s1)[C@@H]1C[C@H](O)CN1. The van der Waals surface area contributed by atoms with Gasteiger partial charge in [0.2, 0.25) is 5.91 Å². The van der Waals surface area contributed by atoms with E-state index in [0.29, 0.717) is 18.1 Å². The first kappa shape index (κ1) is 15.6. The Morgan fingerprint density at radius 1 is 1.55 bits per heavy atom. The molecule has 2 atom stereocenters. The van der Waals surface area contributed by atoms with Gasteiger partial charge < -0.3 is 15.7 Å². The molecule has 2 aromatic rings. The van der Waals surface area contributed by atoms with Gasteiger partial charge in [0.25, 0.3) is 0 Å². The van der Waals surface area contributed by atoms with Crippen LogP contribution in [-0.2, 0) is 11.2 Å². The minimum absolute atomic E-state index is 0.139. The third kappa shape index (κ3) is 3.92. The zero-order valence-corrected chi connectivity index (χ0v) is 14.2. The molecule has 22 heavy (non-hydrogen) atoms. The highest BCUT2D eigenvalue weighted by Gasteiger charge is 2.28. The van der Waals surface area contributed by atoms with Crippen molar-refractivity contribution in [3.63, 3.8) is 0 Å². The summed E-state index contributed by atoms with van der Waals surface area (Å²) < 4.78 is 1.05. The van der Waals surface area contributed by atoms with Crippen molar-refractivity contribution >= 4 is 38.3 Å². The quantitative estimate of drug-likeness (QED) is 0.758. The van der Waals surface area contributed by atoms with Crippen LogP contribution in [0.25, 0.3) is 0 Å². The Balaban J connectivity index is 1.60. The minimum Gasteiger partial charge on any atom is -0.392 e. The van der Waals surface area contributed by atoms with Crippen molar-refractivity contribution in [2.75, 3.05) is 11.9 Å². The molecular formula is C15H16BrN3O2S. The highest BCUT2D eigenvalue weighted by molar-refractivity contribution is 9.10. The molecule has 1 amide bonds. The molecule has 1 aromatic heterocycles. The maximum absolute atomic E-state index is 12.0. The summed E-state index contributed by atoms with van der Waals surface area (Å²) in [5.74, 6) is -0.139. The number of nitrogens with one attached hydrogen (secondary N) is 2. The molecule has 3 rings (SSSR count). The van der Waals surface area contributed by atoms with Gasteiger partial charge in [0, 0.05) is 28.5 Å². The van der Waals surface area contributed by atoms with Crippen molar-refractivity contribution in [2.45, 2.75) is 25.0 Å². The number of aromatic nitrogens is 1. The van der Waals surface area contributed by atoms with Gasteiger partial charge in [-0.05, 0) is 24.1 Å². The minimum atomic E-state index is -0.445. The van der Waals surface area contributed by atoms with E-state index in [1.807, 2.05) is 12.1 Å². The first-order valence-corrected chi connectivity index (χ1v) is 8.62. The third-order valence-corrected chi connectivity index (χ3v) is 4.88. The Bertz CT molecular complexity index is 676. The van der Waals surface area contributed by atoms with E-state index >= 15 is 0 Å². The molecule has 2 heterocycles. The van der Waals surface area contributed by atoms with E-state index in [9.17, 15) is 9.90 Å². The average Bonchev–Trinajstić information content (AvgIpc) is 3.08. The van der Waals surface area contributed by atoms with E-state index in [1.54, 1.807) is 6.20 Å². The van der Waals surface area contributed by atoms with Crippen LogP contribution in [0, 0.1) is 0 Å². The van der Waals surface area contributed by atoms with Gasteiger partial charge in [0.05, 0.1) is 12.1 Å². The van der Waals surface area contributed by atoms with Crippen LogP contribution >= 0.6 is 27.3 Å². The number of hydrogen-bond acceptors (Lipinski definition) is 5. The van der Waals surface area contributed by atoms with Gasteiger partial charge in [-0.25, -0.2) is 4.98 Å². The van der Waals surface area contributed by atoms with Crippen molar-refractivity contribution in [3.05, 3.63) is 45.4 Å². The summed E-state index contributed by atoms with van der Waals surface area (Å²) in [6.07, 6.45) is 2.58. The number of aliphatic hydroxyl groups is 1. The summed E-state index contributed by atoms with van der Waals surface area (Å²) in [7, 11) is 0. The molecule has 1 aliphatic rings. The summed E-state index contributed by atoms with van der Waals surface area (Å²) in [4.78, 5) is 17.4. The van der Waals surface area contributed by atoms with Gasteiger partial charge >= 0.3 is 0 Å². The fraction of sp³-hybridized carbons (Fsp3) is 0.333. The number of benzene rings is 1. The van der Waals surface area contributed by atoms with Crippen LogP contribution in [0.5, 0.6) is 0 Å². The van der Waals surface area contributed by atoms with Crippen molar-refractivity contribution in [3.8, 4) is 0 Å². The lowest BCUT2D eigenvalue weighted by molar-refractivity contribution is -0.117. The van der Waals surface area contributed by atoms with Crippen LogP contribution in [0.2, 0.25) is 0 Å². The number of hydrogen-bond donors (Lipinski definition) is 3. The summed E-state index contributed by atoms with van der Waals surface area (Å²) >= 11 is 4.93. The number of nitrogens with zero attached hydrogens (tertiary/aromatic N) is 1. The molecule has 0 unspecified atom stereocenters. The second-order valence-electron chi connectivity index (χ2n) is 5.28. The summed E-state index contributed by atoms with van der Waals surface area (Å²) in [6, 6.07) is 7.78. The lowest BCUT2D eigenvalue weighted by atomic mass is 10.1. The lowest BCUT2D eigenvalue weighted by Crippen LogP contribution is -2.35. The van der Waals surface area contributed by atoms with Crippen molar-refractivity contribution in [2.24, 2.45) is 0 Å². The number of carbonyl (C=O) groups excluding carboxylic acids is 1. The van der Waals surface area contributed by atoms with Gasteiger partial charge in [-0.2, -0.15) is 0 Å². The van der Waals surface area contributed by atoms with Gasteiger partial charge in [-0.1, -0.05) is 28.1 Å². The predicted molar refractivity (Wildman–Crippen MR) is 90.1 cm³/mol. The fourth-order valence-corrected chi connectivity index (χ4v) is 3.70. The van der Waals surface area contributed by atoms with Crippen LogP contribution in [-0.4, -0.2) is 34.7 Å². The van der Waals surface area contributed by atoms with E-state index in [2.05, 4.69) is 43.7 Å². The largest absolute Gasteiger partial charge is 0.392 e. The van der Waals surface area contributed by atoms with Gasteiger partial charge in [-0.15, -0.1) is 11.3 Å². The topological polar surface area (TPSA) is 74.2 Å². The van der Waals surface area contributed by atoms with E-state index in [1.165, 1.54) is 16.9 Å². The fourth-order valence-electron chi connectivity index (χ4n) is 2.40. The molecule has 1 aromatic carbocycles. The number of rotatable bonds is 4. The van der Waals surface area contributed by atoms with Crippen LogP contribution in [0.4, 0.5) is 5.13 Å². The number of halogens is 1. The Hall–Kier alpha value is -1.28. The first-order chi connectivity index (χ1) is 10.6. The van der Waals surface area contributed by atoms with E-state index in [-0.39, 0.29) is 11.9 Å². The average molecular weight is 382 g/mol. The molecule has 3 N–H and O–H groups in total. The molecule has 1 aliphatic heterocycles. The molecule has 0 aliphatic carbocycles. The maximum Gasteiger partial charge on any atom is 0.243 e. The van der Waals surface area contributed by atoms with Crippen LogP contribution < -0.4 is 10.6 Å². The van der Waals surface area contributed by atoms with Gasteiger partial charge in [0.1, 0.15) is 0 Å². The molecule has 0 radical (unpaired) electrons. The van der Waals surface area contributed by atoms with Gasteiger partial charge in [0.15, 0.2) is 5.13 Å². The van der Waals surface area contributed by atoms with Crippen molar-refractivity contribution in [1.29, 1.82) is 0 Å². The number of thiazole rings is 1. The molecule has 5 nitrogen and oxygen atoms in total. The molecule has 0 bridgehead atoms. The molecule has 1 saturated heterocycles. The third-order valence-electron chi connectivity index (χ3n) is 3.48. The molecule has 7 heteroatoms. The lowest BCUT2D eigenvalue weighted by Gasteiger charge is -2.08. The Morgan fingerprint density at radius 3 is 3.14 bits per heavy atom. The van der Waals surface area contributed by atoms with Crippen LogP contribution in [0.15, 0.2) is 34.9 Å². The second kappa shape index (κ2) is 6.87. The molecule has 116 valence electrons. The number of carbonyl (C=O) groups is 1. The molecule has 0 spiro atoms. The van der Waals surface area contributed by atoms with Crippen molar-refractivity contribution < 1.29 is 9.90 Å². The smallest absolute Gasteiger partial charge is 0.243 e. The zero-order chi connectivity index (χ0) is 15.5. The molecule has 0 saturated carbocycles. The Morgan fingerprint density at radius 2 is 2.41 bits per heavy atom. The number of anilines is 1. The summed E-state index contributed by atoms with van der Waals surface area (Å²) in [6.45, 7) is 0.462. The van der Waals surface area contributed by atoms with E-state index < -0.39 is 6.10 Å². The number of aliphatic hydroxyl groups excluding tert-OH is 1. The van der Waals surface area contributed by atoms with E-state index in [4.69, 9.17) is 0 Å². The normalized spacial score (nSPS) is 21.0. The summed E-state index contributed by atoms with van der Waals surface area (Å²) in [5.41, 5.74) is 1.19. The molecular weight excluding hydrogens is 366 g/mol. The monoisotopic (exact) mass is 381 g/mol. The molecule has 1 fully saturated rings. The first-order valence-electron chi connectivity index (χ1n) is 7.01. The predicted octanol–water partition coefficient (Wildman–Crippen LogP) is 2.16. The standard InChI is InChI=1S/C15H16BrN3O2S/c16-10-3-1-2-9(4-10)5-12-8-18-15(22-12)19-14(21)13-6-11(20)7-17-13/h1-4,8,11,13,17,20H,5-7H2,(H,18,19,21)/t11-,13-/m0/s1.